The van der Waals surface area contributed by atoms with E-state index in [2.05, 4.69) is 84.5 Å². The Kier molecular flexibility index (Phi) is 5.70. The standard InChI is InChI=1S/C19H29BO2S/c1-14(2)11-15-7-9-16(10-8-15)12-17(13-23)20-21-18(3,4)19(5,6)22-20/h7-10,12,14,23H,11,13H2,1-6H3. The van der Waals surface area contributed by atoms with E-state index in [1.807, 2.05) is 0 Å². The largest absolute Gasteiger partial charge is 0.491 e. The molecular weight excluding hydrogens is 303 g/mol. The average Bonchev–Trinajstić information content (AvgIpc) is 2.66. The first-order valence-electron chi connectivity index (χ1n) is 8.40. The predicted molar refractivity (Wildman–Crippen MR) is 103 cm³/mol. The van der Waals surface area contributed by atoms with Gasteiger partial charge in [-0.2, -0.15) is 12.6 Å². The van der Waals surface area contributed by atoms with E-state index in [-0.39, 0.29) is 18.3 Å². The van der Waals surface area contributed by atoms with Gasteiger partial charge in [0.25, 0.3) is 0 Å². The number of benzene rings is 1. The molecule has 1 aromatic carbocycles. The summed E-state index contributed by atoms with van der Waals surface area (Å²) in [6.45, 7) is 12.8. The topological polar surface area (TPSA) is 18.5 Å². The van der Waals surface area contributed by atoms with Gasteiger partial charge in [0.1, 0.15) is 0 Å². The van der Waals surface area contributed by atoms with Gasteiger partial charge in [-0.1, -0.05) is 44.2 Å². The van der Waals surface area contributed by atoms with E-state index in [1.165, 1.54) is 5.56 Å². The van der Waals surface area contributed by atoms with Gasteiger partial charge < -0.3 is 9.31 Å². The fraction of sp³-hybridized carbons (Fsp3) is 0.579. The monoisotopic (exact) mass is 332 g/mol. The third-order valence-electron chi connectivity index (χ3n) is 4.71. The highest BCUT2D eigenvalue weighted by Crippen LogP contribution is 2.39. The predicted octanol–water partition coefficient (Wildman–Crippen LogP) is 4.83. The summed E-state index contributed by atoms with van der Waals surface area (Å²) in [6, 6.07) is 8.72. The minimum Gasteiger partial charge on any atom is -0.400 e. The molecule has 0 bridgehead atoms. The van der Waals surface area contributed by atoms with Gasteiger partial charge in [-0.05, 0) is 56.6 Å². The molecule has 0 unspecified atom stereocenters. The molecule has 1 aliphatic heterocycles. The van der Waals surface area contributed by atoms with Crippen molar-refractivity contribution in [1.29, 1.82) is 0 Å². The summed E-state index contributed by atoms with van der Waals surface area (Å²) >= 11 is 4.47. The van der Waals surface area contributed by atoms with Crippen molar-refractivity contribution in [2.24, 2.45) is 5.92 Å². The van der Waals surface area contributed by atoms with Crippen LogP contribution in [0.15, 0.2) is 29.7 Å². The molecule has 1 saturated heterocycles. The summed E-state index contributed by atoms with van der Waals surface area (Å²) in [4.78, 5) is 0. The Hall–Kier alpha value is -0.705. The molecule has 126 valence electrons. The molecule has 0 aromatic heterocycles. The zero-order valence-electron chi connectivity index (χ0n) is 15.2. The first-order valence-corrected chi connectivity index (χ1v) is 9.04. The van der Waals surface area contributed by atoms with Gasteiger partial charge in [-0.15, -0.1) is 0 Å². The Bertz CT molecular complexity index is 545. The molecule has 23 heavy (non-hydrogen) atoms. The third-order valence-corrected chi connectivity index (χ3v) is 5.08. The van der Waals surface area contributed by atoms with Crippen LogP contribution >= 0.6 is 12.6 Å². The minimum absolute atomic E-state index is 0.319. The second kappa shape index (κ2) is 7.04. The molecule has 1 aliphatic rings. The average molecular weight is 332 g/mol. The fourth-order valence-corrected chi connectivity index (χ4v) is 2.86. The summed E-state index contributed by atoms with van der Waals surface area (Å²) in [5, 5.41) is 0. The molecule has 2 nitrogen and oxygen atoms in total. The van der Waals surface area contributed by atoms with Crippen LogP contribution < -0.4 is 0 Å². The van der Waals surface area contributed by atoms with Gasteiger partial charge in [-0.3, -0.25) is 0 Å². The van der Waals surface area contributed by atoms with Crippen molar-refractivity contribution in [3.63, 3.8) is 0 Å². The molecule has 1 heterocycles. The highest BCUT2D eigenvalue weighted by molar-refractivity contribution is 7.80. The van der Waals surface area contributed by atoms with Crippen LogP contribution in [-0.2, 0) is 15.7 Å². The van der Waals surface area contributed by atoms with Gasteiger partial charge in [0.05, 0.1) is 11.2 Å². The number of hydrogen-bond acceptors (Lipinski definition) is 3. The lowest BCUT2D eigenvalue weighted by molar-refractivity contribution is 0.00578. The lowest BCUT2D eigenvalue weighted by Gasteiger charge is -2.32. The quantitative estimate of drug-likeness (QED) is 0.615. The van der Waals surface area contributed by atoms with Crippen LogP contribution in [0.1, 0.15) is 52.7 Å². The van der Waals surface area contributed by atoms with Crippen LogP contribution in [-0.4, -0.2) is 24.1 Å². The Labute approximate surface area is 147 Å². The summed E-state index contributed by atoms with van der Waals surface area (Å²) in [5.74, 6) is 1.29. The maximum atomic E-state index is 6.13. The molecule has 0 spiro atoms. The van der Waals surface area contributed by atoms with Crippen LogP contribution in [0.4, 0.5) is 0 Å². The van der Waals surface area contributed by atoms with Gasteiger partial charge in [-0.25, -0.2) is 0 Å². The zero-order valence-corrected chi connectivity index (χ0v) is 16.1. The van der Waals surface area contributed by atoms with E-state index in [0.717, 1.165) is 17.5 Å². The van der Waals surface area contributed by atoms with Crippen molar-refractivity contribution in [3.05, 3.63) is 40.9 Å². The lowest BCUT2D eigenvalue weighted by atomic mass is 9.78. The molecule has 0 amide bonds. The smallest absolute Gasteiger partial charge is 0.400 e. The maximum absolute atomic E-state index is 6.13. The van der Waals surface area contributed by atoms with E-state index in [4.69, 9.17) is 9.31 Å². The first-order chi connectivity index (χ1) is 10.6. The van der Waals surface area contributed by atoms with E-state index < -0.39 is 0 Å². The fourth-order valence-electron chi connectivity index (χ4n) is 2.62. The van der Waals surface area contributed by atoms with Crippen molar-refractivity contribution in [3.8, 4) is 0 Å². The second-order valence-corrected chi connectivity index (χ2v) is 8.12. The molecule has 1 aromatic rings. The van der Waals surface area contributed by atoms with Crippen molar-refractivity contribution < 1.29 is 9.31 Å². The molecular formula is C19H29BO2S. The highest BCUT2D eigenvalue weighted by atomic mass is 32.1. The summed E-state index contributed by atoms with van der Waals surface area (Å²) in [5.41, 5.74) is 2.96. The van der Waals surface area contributed by atoms with E-state index in [1.54, 1.807) is 0 Å². The van der Waals surface area contributed by atoms with Crippen LogP contribution in [0.3, 0.4) is 0 Å². The van der Waals surface area contributed by atoms with Crippen molar-refractivity contribution >= 4 is 25.8 Å². The highest BCUT2D eigenvalue weighted by Gasteiger charge is 2.52. The van der Waals surface area contributed by atoms with E-state index in [9.17, 15) is 0 Å². The van der Waals surface area contributed by atoms with Crippen LogP contribution in [0, 0.1) is 5.92 Å². The molecule has 0 atom stereocenters. The zero-order chi connectivity index (χ0) is 17.3. The Balaban J connectivity index is 2.16. The molecule has 0 aliphatic carbocycles. The minimum atomic E-state index is -0.326. The van der Waals surface area contributed by atoms with Gasteiger partial charge in [0, 0.05) is 5.75 Å². The van der Waals surface area contributed by atoms with Crippen LogP contribution in [0.5, 0.6) is 0 Å². The first kappa shape index (κ1) is 18.6. The summed E-state index contributed by atoms with van der Waals surface area (Å²) in [7, 11) is -0.326. The van der Waals surface area contributed by atoms with Gasteiger partial charge >= 0.3 is 7.12 Å². The van der Waals surface area contributed by atoms with Crippen molar-refractivity contribution in [1.82, 2.24) is 0 Å². The lowest BCUT2D eigenvalue weighted by Crippen LogP contribution is -2.41. The Morgan fingerprint density at radius 1 is 1.09 bits per heavy atom. The van der Waals surface area contributed by atoms with E-state index >= 15 is 0 Å². The van der Waals surface area contributed by atoms with Crippen molar-refractivity contribution in [2.45, 2.75) is 59.2 Å². The summed E-state index contributed by atoms with van der Waals surface area (Å²) < 4.78 is 12.3. The SMILES string of the molecule is CC(C)Cc1ccc(C=C(CS)B2OC(C)(C)C(C)(C)O2)cc1. The number of hydrogen-bond donors (Lipinski definition) is 1. The van der Waals surface area contributed by atoms with Gasteiger partial charge in [0.2, 0.25) is 0 Å². The Morgan fingerprint density at radius 2 is 1.61 bits per heavy atom. The number of rotatable bonds is 5. The third kappa shape index (κ3) is 4.43. The molecule has 1 fully saturated rings. The molecule has 0 radical (unpaired) electrons. The van der Waals surface area contributed by atoms with Crippen molar-refractivity contribution in [2.75, 3.05) is 5.75 Å². The molecule has 0 N–H and O–H groups in total. The second-order valence-electron chi connectivity index (χ2n) is 7.81. The normalized spacial score (nSPS) is 20.3. The molecule has 0 saturated carbocycles. The number of thiol groups is 1. The van der Waals surface area contributed by atoms with Crippen LogP contribution in [0.2, 0.25) is 0 Å². The molecule has 2 rings (SSSR count). The summed E-state index contributed by atoms with van der Waals surface area (Å²) in [6.07, 6.45) is 3.24. The molecule has 4 heteroatoms. The van der Waals surface area contributed by atoms with Crippen LogP contribution in [0.25, 0.3) is 6.08 Å². The van der Waals surface area contributed by atoms with Gasteiger partial charge in [0.15, 0.2) is 0 Å². The maximum Gasteiger partial charge on any atom is 0.491 e. The Morgan fingerprint density at radius 3 is 2.04 bits per heavy atom. The van der Waals surface area contributed by atoms with E-state index in [0.29, 0.717) is 11.7 Å².